The molecular formula is C57H41NS. The SMILES string of the molecule is CC1(C)c2ccccc2-c2ccc(-c3c(-c4ccccc4)cccc3N(c3ccccc3)c3ccc4c(c3)S3(c5ccccc5-c5ccccc53)c3ccccc3-4)cc21. The van der Waals surface area contributed by atoms with Gasteiger partial charge in [-0.1, -0.05) is 172 Å². The van der Waals surface area contributed by atoms with Gasteiger partial charge in [-0.05, 0) is 116 Å². The predicted molar refractivity (Wildman–Crippen MR) is 248 cm³/mol. The summed E-state index contributed by atoms with van der Waals surface area (Å²) in [4.78, 5) is 8.23. The number of nitrogens with zero attached hydrogens (tertiary/aromatic N) is 1. The molecule has 1 nitrogen and oxygen atoms in total. The standard InChI is InChI=1S/C57H41NS/c1-57(2)49-27-13-9-22-43(49)44-34-32-39(36-50(44)57)56-42(38-18-5-3-6-19-38)26-17-28-51(56)58(40-20-7-4-8-21-40)41-33-35-48-47-25-12-16-31-54(47)59(55(48)37-41)52-29-14-10-23-45(52)46-24-11-15-30-53(46)59/h3-37H,1-2H3. The van der Waals surface area contributed by atoms with Crippen molar-refractivity contribution < 1.29 is 0 Å². The third-order valence-electron chi connectivity index (χ3n) is 13.0. The summed E-state index contributed by atoms with van der Waals surface area (Å²) in [5, 5.41) is 0. The molecular weight excluding hydrogens is 731 g/mol. The molecule has 12 rings (SSSR count). The average Bonchev–Trinajstić information content (AvgIpc) is 3.85. The van der Waals surface area contributed by atoms with Crippen molar-refractivity contribution in [2.24, 2.45) is 0 Å². The Labute approximate surface area is 348 Å². The van der Waals surface area contributed by atoms with Crippen molar-refractivity contribution in [2.75, 3.05) is 4.90 Å². The van der Waals surface area contributed by atoms with Crippen molar-refractivity contribution in [1.29, 1.82) is 0 Å². The van der Waals surface area contributed by atoms with Crippen LogP contribution in [0.5, 0.6) is 0 Å². The van der Waals surface area contributed by atoms with Gasteiger partial charge >= 0.3 is 0 Å². The molecule has 59 heavy (non-hydrogen) atoms. The van der Waals surface area contributed by atoms with E-state index >= 15 is 0 Å². The minimum atomic E-state index is -1.77. The summed E-state index contributed by atoms with van der Waals surface area (Å²) in [5.41, 5.74) is 19.0. The maximum atomic E-state index is 2.54. The average molecular weight is 772 g/mol. The molecule has 0 N–H and O–H groups in total. The minimum absolute atomic E-state index is 0.122. The molecule has 0 radical (unpaired) electrons. The highest BCUT2D eigenvalue weighted by molar-refractivity contribution is 8.34. The fraction of sp³-hybridized carbons (Fsp3) is 0.0526. The normalized spacial score (nSPS) is 14.7. The van der Waals surface area contributed by atoms with Crippen molar-refractivity contribution in [3.05, 3.63) is 223 Å². The van der Waals surface area contributed by atoms with E-state index in [0.29, 0.717) is 0 Å². The Hall–Kier alpha value is -6.87. The molecule has 0 fully saturated rings. The molecule has 0 amide bonds. The zero-order valence-electron chi connectivity index (χ0n) is 33.1. The zero-order valence-corrected chi connectivity index (χ0v) is 33.9. The van der Waals surface area contributed by atoms with E-state index in [1.165, 1.54) is 86.3 Å². The number of anilines is 3. The second-order valence-electron chi connectivity index (χ2n) is 16.4. The molecule has 0 saturated carbocycles. The topological polar surface area (TPSA) is 3.24 Å². The van der Waals surface area contributed by atoms with Crippen LogP contribution in [0.15, 0.2) is 232 Å². The summed E-state index contributed by atoms with van der Waals surface area (Å²) in [7, 11) is -1.77. The quantitative estimate of drug-likeness (QED) is 0.168. The van der Waals surface area contributed by atoms with Gasteiger partial charge in [0.25, 0.3) is 0 Å². The van der Waals surface area contributed by atoms with Crippen LogP contribution in [0.4, 0.5) is 17.1 Å². The lowest BCUT2D eigenvalue weighted by molar-refractivity contribution is 0.660. The van der Waals surface area contributed by atoms with Crippen LogP contribution < -0.4 is 4.90 Å². The molecule has 280 valence electrons. The highest BCUT2D eigenvalue weighted by Crippen LogP contribution is 2.85. The molecule has 2 heterocycles. The fourth-order valence-corrected chi connectivity index (χ4v) is 15.1. The number of hydrogen-bond acceptors (Lipinski definition) is 1. The zero-order chi connectivity index (χ0) is 39.3. The van der Waals surface area contributed by atoms with Crippen LogP contribution in [-0.2, 0) is 5.41 Å². The Bertz CT molecular complexity index is 3080. The van der Waals surface area contributed by atoms with E-state index in [2.05, 4.69) is 231 Å². The molecule has 2 heteroatoms. The Kier molecular flexibility index (Phi) is 7.43. The molecule has 1 aliphatic carbocycles. The van der Waals surface area contributed by atoms with Gasteiger partial charge in [-0.3, -0.25) is 0 Å². The lowest BCUT2D eigenvalue weighted by atomic mass is 9.81. The summed E-state index contributed by atoms with van der Waals surface area (Å²) in [6, 6.07) is 79.7. The van der Waals surface area contributed by atoms with E-state index in [-0.39, 0.29) is 5.41 Å². The van der Waals surface area contributed by atoms with Gasteiger partial charge in [0.2, 0.25) is 0 Å². The van der Waals surface area contributed by atoms with Crippen molar-refractivity contribution in [2.45, 2.75) is 38.8 Å². The lowest BCUT2D eigenvalue weighted by Crippen LogP contribution is -2.15. The van der Waals surface area contributed by atoms with Crippen molar-refractivity contribution in [3.8, 4) is 55.6 Å². The first kappa shape index (κ1) is 34.2. The molecule has 1 spiro atoms. The van der Waals surface area contributed by atoms with Gasteiger partial charge in [0.1, 0.15) is 0 Å². The van der Waals surface area contributed by atoms with Gasteiger partial charge in [0.15, 0.2) is 0 Å². The van der Waals surface area contributed by atoms with Crippen LogP contribution in [0.2, 0.25) is 0 Å². The molecule has 0 unspecified atom stereocenters. The summed E-state index contributed by atoms with van der Waals surface area (Å²) >= 11 is 0. The monoisotopic (exact) mass is 771 g/mol. The molecule has 3 aliphatic rings. The van der Waals surface area contributed by atoms with E-state index in [1.54, 1.807) is 0 Å². The largest absolute Gasteiger partial charge is 0.310 e. The van der Waals surface area contributed by atoms with Gasteiger partial charge in [0, 0.05) is 41.9 Å². The lowest BCUT2D eigenvalue weighted by Gasteiger charge is -2.37. The van der Waals surface area contributed by atoms with E-state index < -0.39 is 10.0 Å². The van der Waals surface area contributed by atoms with Crippen LogP contribution in [0.3, 0.4) is 0 Å². The molecule has 2 aliphatic heterocycles. The molecule has 0 saturated heterocycles. The van der Waals surface area contributed by atoms with Crippen LogP contribution >= 0.6 is 10.0 Å². The maximum Gasteiger partial charge on any atom is 0.0546 e. The van der Waals surface area contributed by atoms with Crippen LogP contribution in [0.25, 0.3) is 55.6 Å². The molecule has 0 aromatic heterocycles. The minimum Gasteiger partial charge on any atom is -0.310 e. The summed E-state index contributed by atoms with van der Waals surface area (Å²) in [6.07, 6.45) is 0. The molecule has 9 aromatic rings. The summed E-state index contributed by atoms with van der Waals surface area (Å²) in [6.45, 7) is 4.75. The van der Waals surface area contributed by atoms with Gasteiger partial charge < -0.3 is 4.90 Å². The molecule has 0 atom stereocenters. The van der Waals surface area contributed by atoms with Crippen molar-refractivity contribution in [1.82, 2.24) is 0 Å². The van der Waals surface area contributed by atoms with Gasteiger partial charge in [0.05, 0.1) is 5.69 Å². The van der Waals surface area contributed by atoms with E-state index in [9.17, 15) is 0 Å². The Balaban J connectivity index is 1.14. The number of para-hydroxylation sites is 1. The Morgan fingerprint density at radius 2 is 0.847 bits per heavy atom. The first-order valence-electron chi connectivity index (χ1n) is 20.6. The Morgan fingerprint density at radius 3 is 1.51 bits per heavy atom. The Morgan fingerprint density at radius 1 is 0.339 bits per heavy atom. The number of benzene rings is 9. The van der Waals surface area contributed by atoms with Gasteiger partial charge in [-0.2, -0.15) is 0 Å². The molecule has 9 aromatic carbocycles. The van der Waals surface area contributed by atoms with Crippen LogP contribution in [0, 0.1) is 0 Å². The van der Waals surface area contributed by atoms with E-state index in [0.717, 1.165) is 17.1 Å². The highest BCUT2D eigenvalue weighted by Gasteiger charge is 2.48. The second-order valence-corrected chi connectivity index (χ2v) is 19.4. The highest BCUT2D eigenvalue weighted by atomic mass is 32.3. The maximum absolute atomic E-state index is 2.54. The van der Waals surface area contributed by atoms with E-state index in [1.807, 2.05) is 0 Å². The smallest absolute Gasteiger partial charge is 0.0546 e. The summed E-state index contributed by atoms with van der Waals surface area (Å²) in [5.74, 6) is 0. The summed E-state index contributed by atoms with van der Waals surface area (Å²) < 4.78 is 0. The third kappa shape index (κ3) is 4.75. The molecule has 0 bridgehead atoms. The first-order valence-corrected chi connectivity index (χ1v) is 22.2. The van der Waals surface area contributed by atoms with Crippen molar-refractivity contribution in [3.63, 3.8) is 0 Å². The number of fused-ring (bicyclic) bond motifs is 13. The van der Waals surface area contributed by atoms with Crippen molar-refractivity contribution >= 4 is 27.1 Å². The predicted octanol–water partition coefficient (Wildman–Crippen LogP) is 16.1. The van der Waals surface area contributed by atoms with Crippen LogP contribution in [0.1, 0.15) is 25.0 Å². The second kappa shape index (κ2) is 12.8. The third-order valence-corrected chi connectivity index (χ3v) is 17.1. The first-order chi connectivity index (χ1) is 29.0. The van der Waals surface area contributed by atoms with E-state index in [4.69, 9.17) is 0 Å². The number of hydrogen-bond donors (Lipinski definition) is 0. The fourth-order valence-electron chi connectivity index (χ4n) is 10.5. The number of rotatable bonds is 5. The van der Waals surface area contributed by atoms with Gasteiger partial charge in [-0.25, -0.2) is 0 Å². The van der Waals surface area contributed by atoms with Gasteiger partial charge in [-0.15, -0.1) is 10.0 Å². The van der Waals surface area contributed by atoms with Crippen LogP contribution in [-0.4, -0.2) is 0 Å².